The second-order valence-corrected chi connectivity index (χ2v) is 5.44. The van der Waals surface area contributed by atoms with E-state index in [1.807, 2.05) is 18.2 Å². The fraction of sp³-hybridized carbons (Fsp3) is 0.400. The van der Waals surface area contributed by atoms with Crippen molar-refractivity contribution in [3.05, 3.63) is 39.8 Å². The molecule has 108 valence electrons. The summed E-state index contributed by atoms with van der Waals surface area (Å²) in [7, 11) is 3.32. The molecule has 1 heterocycles. The van der Waals surface area contributed by atoms with Crippen molar-refractivity contribution in [2.45, 2.75) is 19.3 Å². The van der Waals surface area contributed by atoms with Crippen LogP contribution in [0, 0.1) is 0 Å². The first kappa shape index (κ1) is 14.8. The molecule has 4 nitrogen and oxygen atoms in total. The molecule has 0 radical (unpaired) electrons. The highest BCUT2D eigenvalue weighted by Gasteiger charge is 2.17. The fourth-order valence-electron chi connectivity index (χ4n) is 2.09. The SMILES string of the molecule is COc1ccc(C(C)c2nc(CCN)cs2)c(OC)c1. The fourth-order valence-corrected chi connectivity index (χ4v) is 3.02. The van der Waals surface area contributed by atoms with Crippen molar-refractivity contribution < 1.29 is 9.47 Å². The Hall–Kier alpha value is -1.59. The van der Waals surface area contributed by atoms with Crippen LogP contribution < -0.4 is 15.2 Å². The van der Waals surface area contributed by atoms with Crippen molar-refractivity contribution in [1.82, 2.24) is 4.98 Å². The van der Waals surface area contributed by atoms with Gasteiger partial charge in [-0.25, -0.2) is 4.98 Å². The normalized spacial score (nSPS) is 12.2. The minimum absolute atomic E-state index is 0.187. The van der Waals surface area contributed by atoms with Gasteiger partial charge in [-0.15, -0.1) is 11.3 Å². The van der Waals surface area contributed by atoms with Crippen LogP contribution in [0.5, 0.6) is 11.5 Å². The van der Waals surface area contributed by atoms with Crippen molar-refractivity contribution in [2.75, 3.05) is 20.8 Å². The Morgan fingerprint density at radius 3 is 2.75 bits per heavy atom. The number of benzene rings is 1. The van der Waals surface area contributed by atoms with Gasteiger partial charge in [0.15, 0.2) is 0 Å². The predicted molar refractivity (Wildman–Crippen MR) is 81.9 cm³/mol. The van der Waals surface area contributed by atoms with Crippen LogP contribution in [0.3, 0.4) is 0 Å². The Kier molecular flexibility index (Phi) is 4.98. The first-order valence-electron chi connectivity index (χ1n) is 6.55. The van der Waals surface area contributed by atoms with Gasteiger partial charge in [-0.2, -0.15) is 0 Å². The summed E-state index contributed by atoms with van der Waals surface area (Å²) in [6.07, 6.45) is 0.822. The number of methoxy groups -OCH3 is 2. The zero-order valence-electron chi connectivity index (χ0n) is 12.1. The van der Waals surface area contributed by atoms with Crippen molar-refractivity contribution >= 4 is 11.3 Å². The van der Waals surface area contributed by atoms with E-state index in [0.717, 1.165) is 34.2 Å². The second-order valence-electron chi connectivity index (χ2n) is 4.55. The molecule has 0 aliphatic rings. The van der Waals surface area contributed by atoms with Crippen LogP contribution in [0.2, 0.25) is 0 Å². The van der Waals surface area contributed by atoms with E-state index in [1.54, 1.807) is 25.6 Å². The van der Waals surface area contributed by atoms with Gasteiger partial charge >= 0.3 is 0 Å². The molecule has 2 rings (SSSR count). The molecule has 1 aromatic carbocycles. The molecule has 2 aromatic rings. The lowest BCUT2D eigenvalue weighted by molar-refractivity contribution is 0.390. The van der Waals surface area contributed by atoms with E-state index in [1.165, 1.54) is 0 Å². The van der Waals surface area contributed by atoms with Crippen LogP contribution in [0.1, 0.15) is 29.1 Å². The molecular formula is C15H20N2O2S. The number of nitrogens with two attached hydrogens (primary N) is 1. The maximum absolute atomic E-state index is 5.57. The predicted octanol–water partition coefficient (Wildman–Crippen LogP) is 2.81. The molecular weight excluding hydrogens is 272 g/mol. The van der Waals surface area contributed by atoms with Gasteiger partial charge in [-0.05, 0) is 12.6 Å². The summed E-state index contributed by atoms with van der Waals surface area (Å²) in [5.41, 5.74) is 7.74. The first-order chi connectivity index (χ1) is 9.69. The quantitative estimate of drug-likeness (QED) is 0.889. The van der Waals surface area contributed by atoms with E-state index in [-0.39, 0.29) is 5.92 Å². The van der Waals surface area contributed by atoms with Crippen LogP contribution in [-0.4, -0.2) is 25.7 Å². The van der Waals surface area contributed by atoms with Crippen molar-refractivity contribution in [2.24, 2.45) is 5.73 Å². The lowest BCUT2D eigenvalue weighted by atomic mass is 10.0. The molecule has 0 saturated carbocycles. The second kappa shape index (κ2) is 6.72. The van der Waals surface area contributed by atoms with Crippen LogP contribution in [0.15, 0.2) is 23.6 Å². The third-order valence-electron chi connectivity index (χ3n) is 3.25. The van der Waals surface area contributed by atoms with Crippen molar-refractivity contribution in [3.63, 3.8) is 0 Å². The molecule has 1 aromatic heterocycles. The lowest BCUT2D eigenvalue weighted by Crippen LogP contribution is -2.04. The standard InChI is InChI=1S/C15H20N2O2S/c1-10(15-17-11(6-7-16)9-20-15)13-5-4-12(18-2)8-14(13)19-3/h4-5,8-10H,6-7,16H2,1-3H3. The van der Waals surface area contributed by atoms with Gasteiger partial charge in [0.2, 0.25) is 0 Å². The Balaban J connectivity index is 2.29. The Morgan fingerprint density at radius 1 is 1.30 bits per heavy atom. The summed E-state index contributed by atoms with van der Waals surface area (Å²) >= 11 is 1.67. The molecule has 0 fully saturated rings. The average molecular weight is 292 g/mol. The summed E-state index contributed by atoms with van der Waals surface area (Å²) in [6, 6.07) is 5.88. The van der Waals surface area contributed by atoms with E-state index in [2.05, 4.69) is 17.3 Å². The number of thiazole rings is 1. The molecule has 5 heteroatoms. The Labute approximate surface area is 123 Å². The molecule has 1 atom stereocenters. The topological polar surface area (TPSA) is 57.4 Å². The molecule has 0 saturated heterocycles. The van der Waals surface area contributed by atoms with E-state index >= 15 is 0 Å². The number of aromatic nitrogens is 1. The zero-order valence-corrected chi connectivity index (χ0v) is 12.9. The number of ether oxygens (including phenoxy) is 2. The highest BCUT2D eigenvalue weighted by Crippen LogP contribution is 2.35. The first-order valence-corrected chi connectivity index (χ1v) is 7.43. The van der Waals surface area contributed by atoms with Gasteiger partial charge in [-0.1, -0.05) is 13.0 Å². The van der Waals surface area contributed by atoms with E-state index in [9.17, 15) is 0 Å². The van der Waals surface area contributed by atoms with E-state index in [0.29, 0.717) is 6.54 Å². The lowest BCUT2D eigenvalue weighted by Gasteiger charge is -2.14. The summed E-state index contributed by atoms with van der Waals surface area (Å²) in [6.45, 7) is 2.76. The molecule has 0 bridgehead atoms. The van der Waals surface area contributed by atoms with Gasteiger partial charge in [0, 0.05) is 29.3 Å². The van der Waals surface area contributed by atoms with E-state index < -0.39 is 0 Å². The average Bonchev–Trinajstić information content (AvgIpc) is 2.94. The maximum atomic E-state index is 5.57. The van der Waals surface area contributed by atoms with Gasteiger partial charge in [0.25, 0.3) is 0 Å². The van der Waals surface area contributed by atoms with Gasteiger partial charge in [0.05, 0.1) is 19.9 Å². The number of rotatable bonds is 6. The largest absolute Gasteiger partial charge is 0.497 e. The van der Waals surface area contributed by atoms with Crippen LogP contribution in [0.4, 0.5) is 0 Å². The summed E-state index contributed by atoms with van der Waals surface area (Å²) in [4.78, 5) is 4.65. The minimum atomic E-state index is 0.187. The van der Waals surface area contributed by atoms with Crippen LogP contribution in [-0.2, 0) is 6.42 Å². The van der Waals surface area contributed by atoms with Gasteiger partial charge in [0.1, 0.15) is 16.5 Å². The van der Waals surface area contributed by atoms with Gasteiger partial charge in [-0.3, -0.25) is 0 Å². The van der Waals surface area contributed by atoms with E-state index in [4.69, 9.17) is 15.2 Å². The third kappa shape index (κ3) is 3.11. The smallest absolute Gasteiger partial charge is 0.126 e. The Morgan fingerprint density at radius 2 is 2.10 bits per heavy atom. The summed E-state index contributed by atoms with van der Waals surface area (Å²) in [5.74, 6) is 1.81. The zero-order chi connectivity index (χ0) is 14.5. The van der Waals surface area contributed by atoms with Gasteiger partial charge < -0.3 is 15.2 Å². The monoisotopic (exact) mass is 292 g/mol. The molecule has 0 aliphatic heterocycles. The van der Waals surface area contributed by atoms with Crippen LogP contribution in [0.25, 0.3) is 0 Å². The molecule has 20 heavy (non-hydrogen) atoms. The third-order valence-corrected chi connectivity index (χ3v) is 4.32. The highest BCUT2D eigenvalue weighted by atomic mass is 32.1. The minimum Gasteiger partial charge on any atom is -0.497 e. The highest BCUT2D eigenvalue weighted by molar-refractivity contribution is 7.09. The molecule has 2 N–H and O–H groups in total. The van der Waals surface area contributed by atoms with Crippen LogP contribution >= 0.6 is 11.3 Å². The number of hydrogen-bond acceptors (Lipinski definition) is 5. The Bertz CT molecular complexity index is 569. The molecule has 1 unspecified atom stereocenters. The number of nitrogens with zero attached hydrogens (tertiary/aromatic N) is 1. The number of hydrogen-bond donors (Lipinski definition) is 1. The molecule has 0 spiro atoms. The van der Waals surface area contributed by atoms with Crippen molar-refractivity contribution in [1.29, 1.82) is 0 Å². The molecule has 0 amide bonds. The molecule has 0 aliphatic carbocycles. The summed E-state index contributed by atoms with van der Waals surface area (Å²) < 4.78 is 10.7. The summed E-state index contributed by atoms with van der Waals surface area (Å²) in [5, 5.41) is 3.16. The van der Waals surface area contributed by atoms with Crippen molar-refractivity contribution in [3.8, 4) is 11.5 Å². The maximum Gasteiger partial charge on any atom is 0.126 e.